The molecular formula is C22H14BrFO3S. The van der Waals surface area contributed by atoms with Gasteiger partial charge in [0.15, 0.2) is 5.75 Å². The second kappa shape index (κ2) is 7.37. The number of aromatic hydroxyl groups is 1. The molecule has 0 fully saturated rings. The summed E-state index contributed by atoms with van der Waals surface area (Å²) in [5, 5.41) is 10.5. The molecule has 4 aromatic rings. The summed E-state index contributed by atoms with van der Waals surface area (Å²) in [4.78, 5) is 13.6. The van der Waals surface area contributed by atoms with Crippen LogP contribution in [0.3, 0.4) is 0 Å². The lowest BCUT2D eigenvalue weighted by atomic mass is 10.0. The molecule has 0 saturated heterocycles. The Kier molecular flexibility index (Phi) is 4.91. The molecule has 4 rings (SSSR count). The summed E-state index contributed by atoms with van der Waals surface area (Å²) in [5.74, 6) is 0.287. The molecule has 1 heterocycles. The van der Waals surface area contributed by atoms with Crippen molar-refractivity contribution in [3.05, 3.63) is 87.0 Å². The number of hydrogen-bond donors (Lipinski definition) is 1. The van der Waals surface area contributed by atoms with Crippen LogP contribution >= 0.6 is 27.3 Å². The average molecular weight is 457 g/mol. The summed E-state index contributed by atoms with van der Waals surface area (Å²) in [6.07, 6.45) is 0. The Morgan fingerprint density at radius 2 is 1.82 bits per heavy atom. The van der Waals surface area contributed by atoms with Gasteiger partial charge in [-0.1, -0.05) is 22.0 Å². The largest absolute Gasteiger partial charge is 0.508 e. The Morgan fingerprint density at radius 3 is 2.57 bits per heavy atom. The predicted octanol–water partition coefficient (Wildman–Crippen LogP) is 6.84. The van der Waals surface area contributed by atoms with Gasteiger partial charge < -0.3 is 9.84 Å². The number of aryl methyl sites for hydroxylation is 1. The number of halogens is 2. The minimum Gasteiger partial charge on any atom is -0.508 e. The highest BCUT2D eigenvalue weighted by molar-refractivity contribution is 9.10. The van der Waals surface area contributed by atoms with Crippen molar-refractivity contribution in [2.24, 2.45) is 0 Å². The third kappa shape index (κ3) is 3.53. The highest BCUT2D eigenvalue weighted by Gasteiger charge is 2.23. The summed E-state index contributed by atoms with van der Waals surface area (Å²) in [7, 11) is 0. The fraction of sp³-hybridized carbons (Fsp3) is 0.0455. The molecule has 0 saturated carbocycles. The normalized spacial score (nSPS) is 11.0. The average Bonchev–Trinajstić information content (AvgIpc) is 3.02. The molecule has 28 heavy (non-hydrogen) atoms. The van der Waals surface area contributed by atoms with Crippen molar-refractivity contribution in [3.63, 3.8) is 0 Å². The molecule has 0 unspecified atom stereocenters. The molecule has 1 N–H and O–H groups in total. The van der Waals surface area contributed by atoms with E-state index < -0.39 is 5.82 Å². The van der Waals surface area contributed by atoms with Gasteiger partial charge in [-0.15, -0.1) is 11.3 Å². The molecule has 0 bridgehead atoms. The molecule has 3 aromatic carbocycles. The Labute approximate surface area is 173 Å². The molecule has 3 nitrogen and oxygen atoms in total. The first kappa shape index (κ1) is 18.7. The van der Waals surface area contributed by atoms with Gasteiger partial charge in [0.2, 0.25) is 5.78 Å². The van der Waals surface area contributed by atoms with E-state index in [9.17, 15) is 14.3 Å². The van der Waals surface area contributed by atoms with E-state index in [0.29, 0.717) is 32.0 Å². The third-order valence-electron chi connectivity index (χ3n) is 4.31. The van der Waals surface area contributed by atoms with E-state index in [2.05, 4.69) is 15.9 Å². The number of ether oxygens (including phenoxy) is 1. The van der Waals surface area contributed by atoms with Gasteiger partial charge in [0.25, 0.3) is 0 Å². The van der Waals surface area contributed by atoms with Crippen LogP contribution in [-0.2, 0) is 0 Å². The van der Waals surface area contributed by atoms with Crippen LogP contribution in [0.25, 0.3) is 10.1 Å². The van der Waals surface area contributed by atoms with Crippen LogP contribution < -0.4 is 4.74 Å². The number of carbonyl (C=O) groups is 1. The minimum atomic E-state index is -0.469. The first-order chi connectivity index (χ1) is 13.4. The number of thiophene rings is 1. The first-order valence-corrected chi connectivity index (χ1v) is 10.0. The summed E-state index contributed by atoms with van der Waals surface area (Å²) < 4.78 is 21.4. The number of benzene rings is 3. The maximum Gasteiger partial charge on any atom is 0.207 e. The van der Waals surface area contributed by atoms with Gasteiger partial charge in [-0.3, -0.25) is 4.79 Å². The third-order valence-corrected chi connectivity index (χ3v) is 5.97. The molecule has 1 aromatic heterocycles. The number of ketones is 1. The predicted molar refractivity (Wildman–Crippen MR) is 112 cm³/mol. The summed E-state index contributed by atoms with van der Waals surface area (Å²) >= 11 is 4.59. The maximum atomic E-state index is 13.7. The number of fused-ring (bicyclic) bond motifs is 1. The topological polar surface area (TPSA) is 46.5 Å². The van der Waals surface area contributed by atoms with Crippen molar-refractivity contribution >= 4 is 43.1 Å². The van der Waals surface area contributed by atoms with E-state index in [0.717, 1.165) is 4.47 Å². The number of carbonyl (C=O) groups excluding carboxylic acids is 1. The van der Waals surface area contributed by atoms with E-state index in [1.807, 2.05) is 12.1 Å². The molecule has 0 aliphatic rings. The minimum absolute atomic E-state index is 0.102. The molecule has 0 atom stereocenters. The Bertz CT molecular complexity index is 1200. The molecule has 0 aliphatic heterocycles. The maximum absolute atomic E-state index is 13.7. The fourth-order valence-corrected chi connectivity index (χ4v) is 4.28. The van der Waals surface area contributed by atoms with Crippen molar-refractivity contribution < 1.29 is 19.0 Å². The molecule has 0 radical (unpaired) electrons. The van der Waals surface area contributed by atoms with Gasteiger partial charge in [0.05, 0.1) is 0 Å². The van der Waals surface area contributed by atoms with E-state index in [1.54, 1.807) is 43.3 Å². The Morgan fingerprint density at radius 1 is 1.07 bits per heavy atom. The van der Waals surface area contributed by atoms with Gasteiger partial charge in [0, 0.05) is 20.1 Å². The van der Waals surface area contributed by atoms with E-state index in [-0.39, 0.29) is 17.1 Å². The highest BCUT2D eigenvalue weighted by Crippen LogP contribution is 2.43. The van der Waals surface area contributed by atoms with E-state index >= 15 is 0 Å². The summed E-state index contributed by atoms with van der Waals surface area (Å²) in [6.45, 7) is 1.76. The van der Waals surface area contributed by atoms with Crippen molar-refractivity contribution in [2.45, 2.75) is 6.92 Å². The number of rotatable bonds is 4. The fourth-order valence-electron chi connectivity index (χ4n) is 2.89. The van der Waals surface area contributed by atoms with E-state index in [1.165, 1.54) is 23.5 Å². The van der Waals surface area contributed by atoms with Crippen LogP contribution in [0.5, 0.6) is 17.2 Å². The SMILES string of the molecule is Cc1ccc(F)cc1C(=O)c1sc2cc(O)ccc2c1Oc1ccc(Br)cc1. The second-order valence-electron chi connectivity index (χ2n) is 6.29. The lowest BCUT2D eigenvalue weighted by Gasteiger charge is -2.09. The van der Waals surface area contributed by atoms with Crippen molar-refractivity contribution in [1.29, 1.82) is 0 Å². The zero-order valence-electron chi connectivity index (χ0n) is 14.7. The van der Waals surface area contributed by atoms with Crippen LogP contribution in [0.2, 0.25) is 0 Å². The molecule has 0 amide bonds. The van der Waals surface area contributed by atoms with Crippen LogP contribution in [0.15, 0.2) is 65.1 Å². The Hall–Kier alpha value is -2.70. The molecule has 0 spiro atoms. The van der Waals surface area contributed by atoms with Gasteiger partial charge in [0.1, 0.15) is 22.2 Å². The van der Waals surface area contributed by atoms with Gasteiger partial charge in [-0.2, -0.15) is 0 Å². The molecular weight excluding hydrogens is 443 g/mol. The van der Waals surface area contributed by atoms with Gasteiger partial charge in [-0.25, -0.2) is 4.39 Å². The van der Waals surface area contributed by atoms with Crippen LogP contribution in [0.4, 0.5) is 4.39 Å². The van der Waals surface area contributed by atoms with Gasteiger partial charge in [-0.05, 0) is 67.1 Å². The molecule has 6 heteroatoms. The Balaban J connectivity index is 1.88. The number of hydrogen-bond acceptors (Lipinski definition) is 4. The van der Waals surface area contributed by atoms with E-state index in [4.69, 9.17) is 4.74 Å². The zero-order chi connectivity index (χ0) is 19.8. The van der Waals surface area contributed by atoms with Crippen LogP contribution in [0.1, 0.15) is 20.8 Å². The second-order valence-corrected chi connectivity index (χ2v) is 8.25. The van der Waals surface area contributed by atoms with Crippen LogP contribution in [0, 0.1) is 12.7 Å². The monoisotopic (exact) mass is 456 g/mol. The quantitative estimate of drug-likeness (QED) is 0.342. The van der Waals surface area contributed by atoms with Crippen molar-refractivity contribution in [3.8, 4) is 17.2 Å². The lowest BCUT2D eigenvalue weighted by Crippen LogP contribution is -2.04. The lowest BCUT2D eigenvalue weighted by molar-refractivity contribution is 0.103. The molecule has 140 valence electrons. The van der Waals surface area contributed by atoms with Crippen LogP contribution in [-0.4, -0.2) is 10.9 Å². The number of phenols is 1. The number of phenolic OH excluding ortho intramolecular Hbond substituents is 1. The highest BCUT2D eigenvalue weighted by atomic mass is 79.9. The molecule has 0 aliphatic carbocycles. The standard InChI is InChI=1S/C22H14BrFO3S/c1-12-2-5-14(24)10-18(12)20(26)22-21(27-16-7-3-13(23)4-8-16)17-9-6-15(25)11-19(17)28-22/h2-11,25H,1H3. The van der Waals surface area contributed by atoms with Crippen molar-refractivity contribution in [1.82, 2.24) is 0 Å². The summed E-state index contributed by atoms with van der Waals surface area (Å²) in [6, 6.07) is 16.3. The zero-order valence-corrected chi connectivity index (χ0v) is 17.1. The first-order valence-electron chi connectivity index (χ1n) is 8.42. The van der Waals surface area contributed by atoms with Gasteiger partial charge >= 0.3 is 0 Å². The smallest absolute Gasteiger partial charge is 0.207 e. The van der Waals surface area contributed by atoms with Crippen molar-refractivity contribution in [2.75, 3.05) is 0 Å². The summed E-state index contributed by atoms with van der Waals surface area (Å²) in [5.41, 5.74) is 0.970.